The standard InChI is InChI=1S/C46H91NO10/c1-4-6-7-8-9-10-11-12-13-14-15-16-17-18-19-20-23-27-30-33-39(50)45(55)47-37(35-56-46-44(54)43(53)42(52)40(34-48)57-46)41(51)38(49)32-29-26-24-21-22-25-28-31-36(3)5-2/h36-44,46,48-54H,4-35H2,1-3H3,(H,47,55). The van der Waals surface area contributed by atoms with Gasteiger partial charge in [-0.2, -0.15) is 0 Å². The van der Waals surface area contributed by atoms with Crippen LogP contribution in [-0.4, -0.2) is 110 Å². The third-order valence-corrected chi connectivity index (χ3v) is 12.2. The molecule has 57 heavy (non-hydrogen) atoms. The Labute approximate surface area is 348 Å². The van der Waals surface area contributed by atoms with Gasteiger partial charge in [0.05, 0.1) is 25.4 Å². The van der Waals surface area contributed by atoms with Gasteiger partial charge < -0.3 is 50.5 Å². The molecule has 0 radical (unpaired) electrons. The molecule has 1 rings (SSSR count). The zero-order valence-electron chi connectivity index (χ0n) is 36.8. The van der Waals surface area contributed by atoms with Crippen molar-refractivity contribution < 1.29 is 50.0 Å². The fraction of sp³-hybridized carbons (Fsp3) is 0.978. The minimum Gasteiger partial charge on any atom is -0.394 e. The number of carbonyl (C=O) groups is 1. The third-order valence-electron chi connectivity index (χ3n) is 12.2. The van der Waals surface area contributed by atoms with E-state index in [1.54, 1.807) is 0 Å². The van der Waals surface area contributed by atoms with Gasteiger partial charge in [-0.1, -0.05) is 201 Å². The lowest BCUT2D eigenvalue weighted by atomic mass is 9.98. The summed E-state index contributed by atoms with van der Waals surface area (Å²) in [4.78, 5) is 13.1. The SMILES string of the molecule is CCCCCCCCCCCCCCCCCCCCCC(O)C(=O)NC(COC1OC(CO)C(O)C(O)C1O)C(O)C(O)CCCCCCCCCC(C)CC. The van der Waals surface area contributed by atoms with E-state index < -0.39 is 74.2 Å². The van der Waals surface area contributed by atoms with Crippen LogP contribution in [0.25, 0.3) is 0 Å². The van der Waals surface area contributed by atoms with E-state index in [9.17, 15) is 40.5 Å². The van der Waals surface area contributed by atoms with Crippen molar-refractivity contribution in [3.8, 4) is 0 Å². The first-order valence-corrected chi connectivity index (χ1v) is 23.8. The molecule has 340 valence electrons. The molecular weight excluding hydrogens is 727 g/mol. The molecule has 0 bridgehead atoms. The second-order valence-electron chi connectivity index (χ2n) is 17.4. The van der Waals surface area contributed by atoms with Crippen molar-refractivity contribution in [1.29, 1.82) is 0 Å². The first kappa shape index (κ1) is 54.1. The van der Waals surface area contributed by atoms with Crippen LogP contribution in [0.5, 0.6) is 0 Å². The average Bonchev–Trinajstić information content (AvgIpc) is 3.21. The number of hydrogen-bond donors (Lipinski definition) is 8. The van der Waals surface area contributed by atoms with Gasteiger partial charge in [-0.05, 0) is 18.8 Å². The number of amides is 1. The molecule has 1 amide bonds. The Morgan fingerprint density at radius 2 is 1.02 bits per heavy atom. The van der Waals surface area contributed by atoms with Crippen LogP contribution in [0.4, 0.5) is 0 Å². The summed E-state index contributed by atoms with van der Waals surface area (Å²) in [5.74, 6) is 0.0834. The van der Waals surface area contributed by atoms with E-state index in [4.69, 9.17) is 9.47 Å². The Morgan fingerprint density at radius 3 is 1.46 bits per heavy atom. The Balaban J connectivity index is 2.40. The molecule has 11 heteroatoms. The van der Waals surface area contributed by atoms with Gasteiger partial charge in [0.25, 0.3) is 0 Å². The highest BCUT2D eigenvalue weighted by Gasteiger charge is 2.44. The van der Waals surface area contributed by atoms with Crippen LogP contribution in [0, 0.1) is 5.92 Å². The highest BCUT2D eigenvalue weighted by atomic mass is 16.7. The highest BCUT2D eigenvalue weighted by Crippen LogP contribution is 2.23. The zero-order valence-corrected chi connectivity index (χ0v) is 36.8. The number of aliphatic hydroxyl groups excluding tert-OH is 7. The van der Waals surface area contributed by atoms with Gasteiger partial charge in [0.2, 0.25) is 5.91 Å². The Kier molecular flexibility index (Phi) is 34.0. The number of hydrogen-bond acceptors (Lipinski definition) is 10. The summed E-state index contributed by atoms with van der Waals surface area (Å²) >= 11 is 0. The van der Waals surface area contributed by atoms with Crippen molar-refractivity contribution in [2.24, 2.45) is 5.92 Å². The summed E-state index contributed by atoms with van der Waals surface area (Å²) in [7, 11) is 0. The van der Waals surface area contributed by atoms with Gasteiger partial charge in [-0.15, -0.1) is 0 Å². The molecule has 1 aliphatic heterocycles. The molecule has 11 nitrogen and oxygen atoms in total. The third kappa shape index (κ3) is 26.1. The minimum atomic E-state index is -1.66. The van der Waals surface area contributed by atoms with Crippen molar-refractivity contribution in [3.05, 3.63) is 0 Å². The lowest BCUT2D eigenvalue weighted by molar-refractivity contribution is -0.303. The second kappa shape index (κ2) is 35.8. The monoisotopic (exact) mass is 818 g/mol. The average molecular weight is 818 g/mol. The minimum absolute atomic E-state index is 0.265. The van der Waals surface area contributed by atoms with Gasteiger partial charge in [0.15, 0.2) is 6.29 Å². The normalized spacial score (nSPS) is 22.6. The Bertz CT molecular complexity index is 912. The molecule has 1 fully saturated rings. The maximum Gasteiger partial charge on any atom is 0.249 e. The summed E-state index contributed by atoms with van der Waals surface area (Å²) in [6, 6.07) is -1.16. The molecular formula is C46H91NO10. The number of ether oxygens (including phenoxy) is 2. The molecule has 0 aromatic heterocycles. The van der Waals surface area contributed by atoms with E-state index in [2.05, 4.69) is 26.1 Å². The maximum atomic E-state index is 13.1. The molecule has 0 aromatic rings. The van der Waals surface area contributed by atoms with Gasteiger partial charge in [-0.25, -0.2) is 0 Å². The summed E-state index contributed by atoms with van der Waals surface area (Å²) in [5, 5.41) is 75.6. The molecule has 10 unspecified atom stereocenters. The molecule has 8 N–H and O–H groups in total. The van der Waals surface area contributed by atoms with Crippen molar-refractivity contribution >= 4 is 5.91 Å². The highest BCUT2D eigenvalue weighted by molar-refractivity contribution is 5.80. The van der Waals surface area contributed by atoms with Crippen LogP contribution in [0.1, 0.15) is 213 Å². The fourth-order valence-corrected chi connectivity index (χ4v) is 7.83. The summed E-state index contributed by atoms with van der Waals surface area (Å²) < 4.78 is 11.1. The predicted molar refractivity (Wildman–Crippen MR) is 229 cm³/mol. The summed E-state index contributed by atoms with van der Waals surface area (Å²) in [5.41, 5.74) is 0. The van der Waals surface area contributed by atoms with E-state index in [1.807, 2.05) is 0 Å². The van der Waals surface area contributed by atoms with E-state index >= 15 is 0 Å². The number of aliphatic hydroxyl groups is 7. The largest absolute Gasteiger partial charge is 0.394 e. The fourth-order valence-electron chi connectivity index (χ4n) is 7.83. The molecule has 0 aromatic carbocycles. The quantitative estimate of drug-likeness (QED) is 0.0285. The van der Waals surface area contributed by atoms with Gasteiger partial charge in [0, 0.05) is 0 Å². The van der Waals surface area contributed by atoms with Crippen LogP contribution in [-0.2, 0) is 14.3 Å². The molecule has 1 heterocycles. The zero-order chi connectivity index (χ0) is 42.1. The number of unbranched alkanes of at least 4 members (excludes halogenated alkanes) is 24. The predicted octanol–water partition coefficient (Wildman–Crippen LogP) is 7.75. The van der Waals surface area contributed by atoms with E-state index in [1.165, 1.54) is 128 Å². The van der Waals surface area contributed by atoms with Crippen molar-refractivity contribution in [2.45, 2.75) is 268 Å². The second-order valence-corrected chi connectivity index (χ2v) is 17.4. The van der Waals surface area contributed by atoms with Gasteiger partial charge in [-0.3, -0.25) is 4.79 Å². The van der Waals surface area contributed by atoms with Crippen LogP contribution >= 0.6 is 0 Å². The van der Waals surface area contributed by atoms with E-state index in [0.29, 0.717) is 19.3 Å². The number of nitrogens with one attached hydrogen (secondary N) is 1. The number of rotatable bonds is 39. The van der Waals surface area contributed by atoms with Crippen LogP contribution in [0.15, 0.2) is 0 Å². The lowest BCUT2D eigenvalue weighted by Crippen LogP contribution is -2.60. The van der Waals surface area contributed by atoms with Gasteiger partial charge in [0.1, 0.15) is 36.6 Å². The van der Waals surface area contributed by atoms with E-state index in [0.717, 1.165) is 44.4 Å². The molecule has 0 spiro atoms. The Hall–Kier alpha value is -0.890. The maximum absolute atomic E-state index is 13.1. The first-order chi connectivity index (χ1) is 27.6. The van der Waals surface area contributed by atoms with Crippen molar-refractivity contribution in [3.63, 3.8) is 0 Å². The van der Waals surface area contributed by atoms with Crippen LogP contribution in [0.3, 0.4) is 0 Å². The van der Waals surface area contributed by atoms with Crippen molar-refractivity contribution in [1.82, 2.24) is 5.32 Å². The van der Waals surface area contributed by atoms with E-state index in [-0.39, 0.29) is 6.42 Å². The summed E-state index contributed by atoms with van der Waals surface area (Å²) in [6.45, 7) is 5.74. The topological polar surface area (TPSA) is 189 Å². The molecule has 10 atom stereocenters. The van der Waals surface area contributed by atoms with Crippen LogP contribution < -0.4 is 5.32 Å². The molecule has 0 aliphatic carbocycles. The van der Waals surface area contributed by atoms with Gasteiger partial charge >= 0.3 is 0 Å². The smallest absolute Gasteiger partial charge is 0.249 e. The molecule has 0 saturated carbocycles. The molecule has 1 saturated heterocycles. The first-order valence-electron chi connectivity index (χ1n) is 23.8. The molecule has 1 aliphatic rings. The number of carbonyl (C=O) groups excluding carboxylic acids is 1. The summed E-state index contributed by atoms with van der Waals surface area (Å²) in [6.07, 6.45) is 23.1. The van der Waals surface area contributed by atoms with Crippen LogP contribution in [0.2, 0.25) is 0 Å². The Morgan fingerprint density at radius 1 is 0.596 bits per heavy atom. The lowest BCUT2D eigenvalue weighted by Gasteiger charge is -2.40. The van der Waals surface area contributed by atoms with Crippen molar-refractivity contribution in [2.75, 3.05) is 13.2 Å².